The Morgan fingerprint density at radius 3 is 2.71 bits per heavy atom. The second-order valence-corrected chi connectivity index (χ2v) is 13.8. The lowest BCUT2D eigenvalue weighted by molar-refractivity contribution is -0.137. The molecule has 5 rings (SSSR count). The van der Waals surface area contributed by atoms with Gasteiger partial charge in [0.2, 0.25) is 10.0 Å². The molecule has 1 atom stereocenters. The fourth-order valence-electron chi connectivity index (χ4n) is 4.97. The van der Waals surface area contributed by atoms with Crippen LogP contribution in [0, 0.1) is 5.92 Å². The highest BCUT2D eigenvalue weighted by molar-refractivity contribution is 8.26. The molecule has 1 aromatic heterocycles. The Kier molecular flexibility index (Phi) is 8.74. The summed E-state index contributed by atoms with van der Waals surface area (Å²) in [4.78, 5) is 26.1. The van der Waals surface area contributed by atoms with Crippen LogP contribution in [0.1, 0.15) is 38.2 Å². The number of sulfonamides is 1. The zero-order chi connectivity index (χ0) is 29.1. The number of thioether (sulfide) groups is 1. The topological polar surface area (TPSA) is 113 Å². The van der Waals surface area contributed by atoms with E-state index in [1.54, 1.807) is 39.5 Å². The molecule has 2 aliphatic rings. The number of aliphatic carboxylic acids is 1. The van der Waals surface area contributed by atoms with E-state index in [1.807, 2.05) is 36.4 Å². The summed E-state index contributed by atoms with van der Waals surface area (Å²) in [5, 5.41) is 13.8. The first kappa shape index (κ1) is 29.2. The molecule has 0 aliphatic carbocycles. The molecule has 2 fully saturated rings. The van der Waals surface area contributed by atoms with Gasteiger partial charge in [0.15, 0.2) is 0 Å². The third-order valence-electron chi connectivity index (χ3n) is 7.06. The van der Waals surface area contributed by atoms with Crippen molar-refractivity contribution in [2.24, 2.45) is 5.92 Å². The van der Waals surface area contributed by atoms with Crippen LogP contribution in [-0.4, -0.2) is 68.3 Å². The number of para-hydroxylation sites is 1. The maximum Gasteiger partial charge on any atom is 0.303 e. The van der Waals surface area contributed by atoms with E-state index in [4.69, 9.17) is 22.4 Å². The largest absolute Gasteiger partial charge is 0.481 e. The summed E-state index contributed by atoms with van der Waals surface area (Å²) in [6, 6.07) is 16.3. The maximum absolute atomic E-state index is 13.5. The summed E-state index contributed by atoms with van der Waals surface area (Å²) in [6.07, 6.45) is 5.60. The van der Waals surface area contributed by atoms with Gasteiger partial charge in [-0.3, -0.25) is 14.5 Å². The average molecular weight is 611 g/mol. The normalized spacial score (nSPS) is 19.3. The number of amides is 1. The Balaban J connectivity index is 1.52. The number of hydrogen-bond acceptors (Lipinski definition) is 7. The van der Waals surface area contributed by atoms with Crippen molar-refractivity contribution in [3.05, 3.63) is 71.3 Å². The molecule has 2 aliphatic heterocycles. The summed E-state index contributed by atoms with van der Waals surface area (Å²) < 4.78 is 30.7. The fraction of sp³-hybridized carbons (Fsp3) is 0.310. The minimum absolute atomic E-state index is 0.0559. The molecular weight excluding hydrogens is 581 g/mol. The molecule has 3 heterocycles. The van der Waals surface area contributed by atoms with E-state index in [0.29, 0.717) is 51.5 Å². The van der Waals surface area contributed by atoms with E-state index in [2.05, 4.69) is 6.92 Å². The van der Waals surface area contributed by atoms with Crippen LogP contribution in [0.3, 0.4) is 0 Å². The van der Waals surface area contributed by atoms with E-state index >= 15 is 0 Å². The molecule has 2 saturated heterocycles. The van der Waals surface area contributed by atoms with Gasteiger partial charge in [0, 0.05) is 43.4 Å². The van der Waals surface area contributed by atoms with Crippen molar-refractivity contribution in [2.75, 3.05) is 19.6 Å². The van der Waals surface area contributed by atoms with E-state index < -0.39 is 16.0 Å². The second kappa shape index (κ2) is 12.3. The third kappa shape index (κ3) is 6.45. The number of thiocarbonyl (C=S) groups is 1. The van der Waals surface area contributed by atoms with Crippen LogP contribution >= 0.6 is 24.0 Å². The van der Waals surface area contributed by atoms with Gasteiger partial charge >= 0.3 is 5.97 Å². The van der Waals surface area contributed by atoms with Crippen LogP contribution in [0.5, 0.6) is 0 Å². The monoisotopic (exact) mass is 610 g/mol. The smallest absolute Gasteiger partial charge is 0.303 e. The van der Waals surface area contributed by atoms with E-state index in [0.717, 1.165) is 30.3 Å². The van der Waals surface area contributed by atoms with Crippen LogP contribution in [-0.2, 0) is 19.6 Å². The van der Waals surface area contributed by atoms with Crippen molar-refractivity contribution in [1.82, 2.24) is 19.0 Å². The van der Waals surface area contributed by atoms with E-state index in [-0.39, 0.29) is 23.8 Å². The Hall–Kier alpha value is -3.32. The quantitative estimate of drug-likeness (QED) is 0.265. The van der Waals surface area contributed by atoms with Crippen LogP contribution < -0.4 is 0 Å². The number of piperidine rings is 1. The lowest BCUT2D eigenvalue weighted by Gasteiger charge is -2.30. The fourth-order valence-corrected chi connectivity index (χ4v) is 7.91. The van der Waals surface area contributed by atoms with Gasteiger partial charge in [-0.05, 0) is 55.5 Å². The summed E-state index contributed by atoms with van der Waals surface area (Å²) in [7, 11) is -3.68. The van der Waals surface area contributed by atoms with Gasteiger partial charge < -0.3 is 5.11 Å². The summed E-state index contributed by atoms with van der Waals surface area (Å²) in [5.74, 6) is -0.917. The number of carbonyl (C=O) groups is 2. The minimum Gasteiger partial charge on any atom is -0.481 e. The van der Waals surface area contributed by atoms with Gasteiger partial charge in [0.25, 0.3) is 5.91 Å². The van der Waals surface area contributed by atoms with Crippen molar-refractivity contribution in [1.29, 1.82) is 0 Å². The zero-order valence-electron chi connectivity index (χ0n) is 22.5. The Morgan fingerprint density at radius 2 is 1.98 bits per heavy atom. The number of rotatable bonds is 9. The van der Waals surface area contributed by atoms with Crippen molar-refractivity contribution >= 4 is 56.3 Å². The SMILES string of the molecule is CC1CCCN(S(=O)(=O)c2cccc(-c3nn(-c4ccccc4)cc3/C=C3\SC(=S)N(CCCC(=O)O)C3=O)c2)C1. The first-order chi connectivity index (χ1) is 19.6. The molecule has 9 nitrogen and oxygen atoms in total. The van der Waals surface area contributed by atoms with Crippen molar-refractivity contribution < 1.29 is 23.1 Å². The second-order valence-electron chi connectivity index (χ2n) is 10.2. The first-order valence-corrected chi connectivity index (χ1v) is 16.0. The molecule has 2 aromatic carbocycles. The number of aromatic nitrogens is 2. The molecular formula is C29H30N4O5S3. The Labute approximate surface area is 248 Å². The Morgan fingerprint density at radius 1 is 1.20 bits per heavy atom. The van der Waals surface area contributed by atoms with Gasteiger partial charge in [0.05, 0.1) is 15.5 Å². The lowest BCUT2D eigenvalue weighted by atomic mass is 10.0. The predicted molar refractivity (Wildman–Crippen MR) is 163 cm³/mol. The number of nitrogens with zero attached hydrogens (tertiary/aromatic N) is 4. The highest BCUT2D eigenvalue weighted by atomic mass is 32.2. The predicted octanol–water partition coefficient (Wildman–Crippen LogP) is 5.03. The van der Waals surface area contributed by atoms with Gasteiger partial charge in [-0.15, -0.1) is 0 Å². The van der Waals surface area contributed by atoms with Gasteiger partial charge in [0.1, 0.15) is 10.0 Å². The van der Waals surface area contributed by atoms with Crippen LogP contribution in [0.4, 0.5) is 0 Å². The highest BCUT2D eigenvalue weighted by Gasteiger charge is 2.33. The standard InChI is InChI=1S/C29H30N4O5S3/c1-20-8-6-14-31(18-20)41(37,38)24-12-5-9-21(16-24)27-22(19-33(30-27)23-10-3-2-4-11-23)17-25-28(36)32(29(39)40-25)15-7-13-26(34)35/h2-5,9-12,16-17,19-20H,6-8,13-15,18H2,1H3,(H,34,35)/b25-17-. The number of benzene rings is 2. The molecule has 1 amide bonds. The molecule has 1 N–H and O–H groups in total. The molecule has 1 unspecified atom stereocenters. The van der Waals surface area contributed by atoms with Gasteiger partial charge in [-0.25, -0.2) is 13.1 Å². The summed E-state index contributed by atoms with van der Waals surface area (Å²) >= 11 is 6.57. The molecule has 0 bridgehead atoms. The van der Waals surface area contributed by atoms with Crippen LogP contribution in [0.15, 0.2) is 70.6 Å². The van der Waals surface area contributed by atoms with Gasteiger partial charge in [-0.1, -0.05) is 61.2 Å². The molecule has 214 valence electrons. The average Bonchev–Trinajstić information content (AvgIpc) is 3.50. The molecule has 0 saturated carbocycles. The Bertz CT molecular complexity index is 1620. The zero-order valence-corrected chi connectivity index (χ0v) is 24.9. The molecule has 0 spiro atoms. The van der Waals surface area contributed by atoms with Crippen molar-refractivity contribution in [3.8, 4) is 16.9 Å². The number of carboxylic acids is 1. The molecule has 3 aromatic rings. The molecule has 0 radical (unpaired) electrons. The third-order valence-corrected chi connectivity index (χ3v) is 10.3. The van der Waals surface area contributed by atoms with Crippen molar-refractivity contribution in [2.45, 2.75) is 37.5 Å². The maximum atomic E-state index is 13.5. The molecule has 12 heteroatoms. The number of carbonyl (C=O) groups excluding carboxylic acids is 1. The van der Waals surface area contributed by atoms with Crippen molar-refractivity contribution in [3.63, 3.8) is 0 Å². The van der Waals surface area contributed by atoms with Gasteiger partial charge in [-0.2, -0.15) is 9.40 Å². The first-order valence-electron chi connectivity index (χ1n) is 13.4. The highest BCUT2D eigenvalue weighted by Crippen LogP contribution is 2.36. The summed E-state index contributed by atoms with van der Waals surface area (Å²) in [5.41, 5.74) is 2.56. The van der Waals surface area contributed by atoms with E-state index in [1.165, 1.54) is 4.90 Å². The minimum atomic E-state index is -3.68. The van der Waals surface area contributed by atoms with Crippen LogP contribution in [0.25, 0.3) is 23.0 Å². The number of carboxylic acid groups (broad SMARTS) is 1. The summed E-state index contributed by atoms with van der Waals surface area (Å²) in [6.45, 7) is 3.28. The number of hydrogen-bond donors (Lipinski definition) is 1. The van der Waals surface area contributed by atoms with Crippen LogP contribution in [0.2, 0.25) is 0 Å². The molecule has 41 heavy (non-hydrogen) atoms. The lowest BCUT2D eigenvalue weighted by Crippen LogP contribution is -2.39. The van der Waals surface area contributed by atoms with E-state index in [9.17, 15) is 18.0 Å².